The molecule has 0 radical (unpaired) electrons. The Balaban J connectivity index is 2.23. The van der Waals surface area contributed by atoms with E-state index in [0.717, 1.165) is 23.4 Å². The molecule has 2 heterocycles. The van der Waals surface area contributed by atoms with Gasteiger partial charge in [0.25, 0.3) is 0 Å². The summed E-state index contributed by atoms with van der Waals surface area (Å²) >= 11 is 3.48. The van der Waals surface area contributed by atoms with Crippen LogP contribution in [0.1, 0.15) is 19.4 Å². The molecule has 1 atom stereocenters. The fourth-order valence-corrected chi connectivity index (χ4v) is 2.51. The molecular weight excluding hydrogens is 294 g/mol. The third-order valence-corrected chi connectivity index (χ3v) is 3.93. The van der Waals surface area contributed by atoms with E-state index in [2.05, 4.69) is 52.7 Å². The van der Waals surface area contributed by atoms with Gasteiger partial charge < -0.3 is 15.4 Å². The van der Waals surface area contributed by atoms with Gasteiger partial charge in [0.2, 0.25) is 0 Å². The van der Waals surface area contributed by atoms with Gasteiger partial charge in [0, 0.05) is 30.3 Å². The molecule has 0 amide bonds. The summed E-state index contributed by atoms with van der Waals surface area (Å²) in [5, 5.41) is 0. The average Bonchev–Trinajstić information content (AvgIpc) is 2.30. The van der Waals surface area contributed by atoms with Gasteiger partial charge in [0.05, 0.1) is 11.7 Å². The quantitative estimate of drug-likeness (QED) is 0.908. The molecular formula is C13H20BrN3O. The van der Waals surface area contributed by atoms with E-state index in [4.69, 9.17) is 10.5 Å². The predicted molar refractivity (Wildman–Crippen MR) is 76.9 cm³/mol. The minimum absolute atomic E-state index is 0.0690. The zero-order chi connectivity index (χ0) is 13.3. The van der Waals surface area contributed by atoms with Gasteiger partial charge >= 0.3 is 0 Å². The zero-order valence-electron chi connectivity index (χ0n) is 11.1. The number of aryl methyl sites for hydroxylation is 1. The number of nitrogens with two attached hydrogens (primary N) is 1. The lowest BCUT2D eigenvalue weighted by atomic mass is 10.0. The van der Waals surface area contributed by atoms with Crippen LogP contribution in [0, 0.1) is 6.92 Å². The van der Waals surface area contributed by atoms with Crippen LogP contribution in [0.3, 0.4) is 0 Å². The maximum atomic E-state index is 5.92. The lowest BCUT2D eigenvalue weighted by molar-refractivity contribution is -0.0790. The summed E-state index contributed by atoms with van der Waals surface area (Å²) in [5.74, 6) is 0.991. The average molecular weight is 314 g/mol. The van der Waals surface area contributed by atoms with Crippen LogP contribution in [0.25, 0.3) is 0 Å². The van der Waals surface area contributed by atoms with Gasteiger partial charge in [-0.1, -0.05) is 0 Å². The van der Waals surface area contributed by atoms with E-state index < -0.39 is 0 Å². The van der Waals surface area contributed by atoms with Gasteiger partial charge in [0.15, 0.2) is 0 Å². The second-order valence-corrected chi connectivity index (χ2v) is 6.26. The fourth-order valence-electron chi connectivity index (χ4n) is 2.29. The molecule has 1 saturated heterocycles. The summed E-state index contributed by atoms with van der Waals surface area (Å²) in [5.41, 5.74) is 6.74. The third-order valence-electron chi connectivity index (χ3n) is 3.10. The molecule has 1 aromatic rings. The van der Waals surface area contributed by atoms with E-state index in [9.17, 15) is 0 Å². The minimum Gasteiger partial charge on any atom is -0.367 e. The summed E-state index contributed by atoms with van der Waals surface area (Å²) in [6.07, 6.45) is 1.92. The number of nitrogens with zero attached hydrogens (tertiary/aromatic N) is 2. The number of aromatic nitrogens is 1. The smallest absolute Gasteiger partial charge is 0.129 e. The van der Waals surface area contributed by atoms with Crippen LogP contribution in [-0.2, 0) is 4.74 Å². The molecule has 0 spiro atoms. The van der Waals surface area contributed by atoms with E-state index >= 15 is 0 Å². The number of ether oxygens (including phenoxy) is 1. The Hall–Kier alpha value is -0.650. The van der Waals surface area contributed by atoms with Crippen LogP contribution in [0.4, 0.5) is 5.82 Å². The molecule has 100 valence electrons. The Morgan fingerprint density at radius 2 is 2.33 bits per heavy atom. The molecule has 0 aliphatic carbocycles. The van der Waals surface area contributed by atoms with Crippen molar-refractivity contribution in [3.8, 4) is 0 Å². The first-order valence-electron chi connectivity index (χ1n) is 6.16. The van der Waals surface area contributed by atoms with Crippen LogP contribution >= 0.6 is 15.9 Å². The zero-order valence-corrected chi connectivity index (χ0v) is 12.7. The van der Waals surface area contributed by atoms with Gasteiger partial charge in [-0.15, -0.1) is 0 Å². The third kappa shape index (κ3) is 3.02. The molecule has 18 heavy (non-hydrogen) atoms. The Labute approximate surface area is 117 Å². The van der Waals surface area contributed by atoms with Crippen molar-refractivity contribution in [2.24, 2.45) is 5.73 Å². The van der Waals surface area contributed by atoms with Crippen LogP contribution in [0.2, 0.25) is 0 Å². The van der Waals surface area contributed by atoms with Crippen molar-refractivity contribution >= 4 is 21.7 Å². The number of morpholine rings is 1. The van der Waals surface area contributed by atoms with Crippen molar-refractivity contribution in [3.05, 3.63) is 22.3 Å². The SMILES string of the molecule is Cc1cc(N2CC(CN)OC(C)(C)C2)ncc1Br. The fraction of sp³-hybridized carbons (Fsp3) is 0.615. The minimum atomic E-state index is -0.190. The van der Waals surface area contributed by atoms with Crippen molar-refractivity contribution in [3.63, 3.8) is 0 Å². The second kappa shape index (κ2) is 5.15. The molecule has 2 rings (SSSR count). The van der Waals surface area contributed by atoms with Gasteiger partial charge in [-0.3, -0.25) is 0 Å². The Morgan fingerprint density at radius 1 is 1.61 bits per heavy atom. The molecule has 5 heteroatoms. The van der Waals surface area contributed by atoms with Crippen LogP contribution in [0.5, 0.6) is 0 Å². The van der Waals surface area contributed by atoms with E-state index in [1.807, 2.05) is 6.20 Å². The van der Waals surface area contributed by atoms with E-state index in [-0.39, 0.29) is 11.7 Å². The van der Waals surface area contributed by atoms with E-state index in [0.29, 0.717) is 6.54 Å². The van der Waals surface area contributed by atoms with Crippen molar-refractivity contribution in [1.29, 1.82) is 0 Å². The monoisotopic (exact) mass is 313 g/mol. The van der Waals surface area contributed by atoms with Gasteiger partial charge in [-0.2, -0.15) is 0 Å². The number of halogens is 1. The maximum absolute atomic E-state index is 5.92. The van der Waals surface area contributed by atoms with Gasteiger partial charge in [0.1, 0.15) is 5.82 Å². The lowest BCUT2D eigenvalue weighted by Crippen LogP contribution is -2.55. The molecule has 2 N–H and O–H groups in total. The number of hydrogen-bond donors (Lipinski definition) is 1. The molecule has 0 saturated carbocycles. The molecule has 0 bridgehead atoms. The Bertz CT molecular complexity index is 436. The Morgan fingerprint density at radius 3 is 2.94 bits per heavy atom. The van der Waals surface area contributed by atoms with Crippen molar-refractivity contribution in [1.82, 2.24) is 4.98 Å². The predicted octanol–water partition coefficient (Wildman–Crippen LogP) is 2.10. The summed E-state index contributed by atoms with van der Waals surface area (Å²) in [7, 11) is 0. The summed E-state index contributed by atoms with van der Waals surface area (Å²) in [4.78, 5) is 6.73. The largest absolute Gasteiger partial charge is 0.367 e. The Kier molecular flexibility index (Phi) is 3.94. The van der Waals surface area contributed by atoms with Crippen molar-refractivity contribution in [2.45, 2.75) is 32.5 Å². The van der Waals surface area contributed by atoms with Gasteiger partial charge in [-0.25, -0.2) is 4.98 Å². The molecule has 4 nitrogen and oxygen atoms in total. The number of rotatable bonds is 2. The standard InChI is InChI=1S/C13H20BrN3O/c1-9-4-12(16-6-11(9)14)17-7-10(5-15)18-13(2,3)8-17/h4,6,10H,5,7-8,15H2,1-3H3. The van der Waals surface area contributed by atoms with Crippen molar-refractivity contribution in [2.75, 3.05) is 24.5 Å². The summed E-state index contributed by atoms with van der Waals surface area (Å²) in [6.45, 7) is 8.42. The summed E-state index contributed by atoms with van der Waals surface area (Å²) in [6, 6.07) is 2.10. The number of hydrogen-bond acceptors (Lipinski definition) is 4. The molecule has 1 aliphatic heterocycles. The highest BCUT2D eigenvalue weighted by Crippen LogP contribution is 2.26. The number of anilines is 1. The maximum Gasteiger partial charge on any atom is 0.129 e. The van der Waals surface area contributed by atoms with Crippen LogP contribution in [-0.4, -0.2) is 36.3 Å². The first-order chi connectivity index (χ1) is 8.41. The number of pyridine rings is 1. The molecule has 1 fully saturated rings. The van der Waals surface area contributed by atoms with Crippen LogP contribution < -0.4 is 10.6 Å². The second-order valence-electron chi connectivity index (χ2n) is 5.41. The lowest BCUT2D eigenvalue weighted by Gasteiger charge is -2.43. The molecule has 1 aliphatic rings. The van der Waals surface area contributed by atoms with Crippen molar-refractivity contribution < 1.29 is 4.74 Å². The first-order valence-corrected chi connectivity index (χ1v) is 6.95. The topological polar surface area (TPSA) is 51.4 Å². The molecule has 0 aromatic carbocycles. The van der Waals surface area contributed by atoms with E-state index in [1.165, 1.54) is 5.56 Å². The highest BCUT2D eigenvalue weighted by atomic mass is 79.9. The van der Waals surface area contributed by atoms with Crippen LogP contribution in [0.15, 0.2) is 16.7 Å². The molecule has 1 aromatic heterocycles. The van der Waals surface area contributed by atoms with Gasteiger partial charge in [-0.05, 0) is 48.3 Å². The first kappa shape index (κ1) is 13.8. The highest BCUT2D eigenvalue weighted by Gasteiger charge is 2.33. The normalized spacial score (nSPS) is 23.2. The van der Waals surface area contributed by atoms with E-state index in [1.54, 1.807) is 0 Å². The highest BCUT2D eigenvalue weighted by molar-refractivity contribution is 9.10. The molecule has 1 unspecified atom stereocenters. The summed E-state index contributed by atoms with van der Waals surface area (Å²) < 4.78 is 6.96.